The Bertz CT molecular complexity index is 463. The number of nitrogens with two attached hydrogens (primary N) is 1. The number of hydrogen-bond acceptors (Lipinski definition) is 2. The van der Waals surface area contributed by atoms with Crippen LogP contribution in [0.25, 0.3) is 0 Å². The minimum Gasteiger partial charge on any atom is -0.381 e. The molecule has 1 aromatic carbocycles. The molecule has 1 fully saturated rings. The summed E-state index contributed by atoms with van der Waals surface area (Å²) in [6.45, 7) is 13.3. The van der Waals surface area contributed by atoms with Crippen molar-refractivity contribution in [1.29, 1.82) is 0 Å². The molecule has 0 bridgehead atoms. The van der Waals surface area contributed by atoms with E-state index in [1.54, 1.807) is 0 Å². The second kappa shape index (κ2) is 4.52. The number of anilines is 1. The number of hydrogen-bond donors (Lipinski definition) is 2. The molecule has 0 unspecified atom stereocenters. The van der Waals surface area contributed by atoms with Crippen LogP contribution in [0.5, 0.6) is 0 Å². The summed E-state index contributed by atoms with van der Waals surface area (Å²) in [4.78, 5) is 0. The molecule has 1 aliphatic carbocycles. The number of aryl methyl sites for hydroxylation is 3. The third-order valence-corrected chi connectivity index (χ3v) is 5.29. The topological polar surface area (TPSA) is 38.0 Å². The van der Waals surface area contributed by atoms with E-state index in [0.29, 0.717) is 6.04 Å². The van der Waals surface area contributed by atoms with Gasteiger partial charge in [0, 0.05) is 22.7 Å². The Morgan fingerprint density at radius 3 is 2.05 bits per heavy atom. The minimum atomic E-state index is -0.0861. The van der Waals surface area contributed by atoms with Crippen molar-refractivity contribution in [3.63, 3.8) is 0 Å². The van der Waals surface area contributed by atoms with Crippen LogP contribution < -0.4 is 11.1 Å². The lowest BCUT2D eigenvalue weighted by Crippen LogP contribution is -2.51. The molecule has 2 rings (SSSR count). The van der Waals surface area contributed by atoms with Gasteiger partial charge in [0.05, 0.1) is 0 Å². The van der Waals surface area contributed by atoms with Crippen LogP contribution in [0.3, 0.4) is 0 Å². The number of benzene rings is 1. The van der Waals surface area contributed by atoms with Gasteiger partial charge in [-0.3, -0.25) is 0 Å². The minimum absolute atomic E-state index is 0.0861. The summed E-state index contributed by atoms with van der Waals surface area (Å²) in [6, 6.07) is 4.94. The van der Waals surface area contributed by atoms with Gasteiger partial charge in [-0.2, -0.15) is 0 Å². The predicted octanol–water partition coefficient (Wildman–Crippen LogP) is 3.93. The molecule has 0 aromatic heterocycles. The Balaban J connectivity index is 2.29. The Morgan fingerprint density at radius 2 is 1.63 bits per heavy atom. The van der Waals surface area contributed by atoms with Crippen LogP contribution >= 0.6 is 0 Å². The van der Waals surface area contributed by atoms with E-state index in [1.165, 1.54) is 22.4 Å². The fourth-order valence-electron chi connectivity index (χ4n) is 3.36. The van der Waals surface area contributed by atoms with Gasteiger partial charge in [-0.1, -0.05) is 31.5 Å². The maximum atomic E-state index is 6.46. The standard InChI is InChI=1S/C17H28N2/c1-11-9-12(2)15(13(3)10-11)19-14-7-8-17(6,18)16(14,4)5/h9-10,14,19H,7-8,18H2,1-6H3/t14-,17+/m1/s1. The van der Waals surface area contributed by atoms with Crippen LogP contribution in [0.15, 0.2) is 12.1 Å². The van der Waals surface area contributed by atoms with E-state index in [1.807, 2.05) is 0 Å². The molecule has 19 heavy (non-hydrogen) atoms. The van der Waals surface area contributed by atoms with Gasteiger partial charge in [-0.05, 0) is 51.7 Å². The molecular formula is C17H28N2. The van der Waals surface area contributed by atoms with Gasteiger partial charge in [0.25, 0.3) is 0 Å². The third-order valence-electron chi connectivity index (χ3n) is 5.29. The van der Waals surface area contributed by atoms with Crippen molar-refractivity contribution < 1.29 is 0 Å². The highest BCUT2D eigenvalue weighted by molar-refractivity contribution is 5.59. The summed E-state index contributed by atoms with van der Waals surface area (Å²) < 4.78 is 0. The first-order chi connectivity index (χ1) is 8.65. The average molecular weight is 260 g/mol. The summed E-state index contributed by atoms with van der Waals surface area (Å²) in [5.74, 6) is 0. The van der Waals surface area contributed by atoms with E-state index in [-0.39, 0.29) is 11.0 Å². The highest BCUT2D eigenvalue weighted by Gasteiger charge is 2.49. The molecule has 0 radical (unpaired) electrons. The molecule has 1 aliphatic rings. The van der Waals surface area contributed by atoms with Crippen LogP contribution in [0.1, 0.15) is 50.3 Å². The molecule has 2 heteroatoms. The van der Waals surface area contributed by atoms with Crippen LogP contribution in [0.2, 0.25) is 0 Å². The van der Waals surface area contributed by atoms with Crippen molar-refractivity contribution in [3.8, 4) is 0 Å². The highest BCUT2D eigenvalue weighted by Crippen LogP contribution is 2.45. The van der Waals surface area contributed by atoms with Crippen LogP contribution in [-0.2, 0) is 0 Å². The van der Waals surface area contributed by atoms with Crippen molar-refractivity contribution in [1.82, 2.24) is 0 Å². The zero-order valence-corrected chi connectivity index (χ0v) is 13.2. The maximum absolute atomic E-state index is 6.46. The molecular weight excluding hydrogens is 232 g/mol. The molecule has 0 aliphatic heterocycles. The lowest BCUT2D eigenvalue weighted by molar-refractivity contribution is 0.215. The van der Waals surface area contributed by atoms with Gasteiger partial charge in [-0.15, -0.1) is 0 Å². The molecule has 0 spiro atoms. The van der Waals surface area contributed by atoms with Crippen LogP contribution in [0, 0.1) is 26.2 Å². The monoisotopic (exact) mass is 260 g/mol. The molecule has 0 amide bonds. The first-order valence-corrected chi connectivity index (χ1v) is 7.28. The summed E-state index contributed by atoms with van der Waals surface area (Å²) in [6.07, 6.45) is 2.23. The first kappa shape index (κ1) is 14.4. The average Bonchev–Trinajstić information content (AvgIpc) is 2.44. The molecule has 0 heterocycles. The third kappa shape index (κ3) is 2.38. The lowest BCUT2D eigenvalue weighted by Gasteiger charge is -2.39. The summed E-state index contributed by atoms with van der Waals surface area (Å²) >= 11 is 0. The van der Waals surface area contributed by atoms with Crippen molar-refractivity contribution in [2.75, 3.05) is 5.32 Å². The Hall–Kier alpha value is -1.02. The predicted molar refractivity (Wildman–Crippen MR) is 83.7 cm³/mol. The van der Waals surface area contributed by atoms with Crippen LogP contribution in [-0.4, -0.2) is 11.6 Å². The largest absolute Gasteiger partial charge is 0.381 e. The highest BCUT2D eigenvalue weighted by atomic mass is 15.0. The zero-order chi connectivity index (χ0) is 14.4. The molecule has 2 atom stereocenters. The Morgan fingerprint density at radius 1 is 1.11 bits per heavy atom. The lowest BCUT2D eigenvalue weighted by atomic mass is 9.74. The Labute approximate surface area is 117 Å². The van der Waals surface area contributed by atoms with Gasteiger partial charge in [-0.25, -0.2) is 0 Å². The molecule has 3 N–H and O–H groups in total. The van der Waals surface area contributed by atoms with E-state index in [0.717, 1.165) is 12.8 Å². The maximum Gasteiger partial charge on any atom is 0.0402 e. The fraction of sp³-hybridized carbons (Fsp3) is 0.647. The zero-order valence-electron chi connectivity index (χ0n) is 13.2. The molecule has 106 valence electrons. The fourth-order valence-corrected chi connectivity index (χ4v) is 3.36. The van der Waals surface area contributed by atoms with E-state index in [4.69, 9.17) is 5.73 Å². The molecule has 1 aromatic rings. The van der Waals surface area contributed by atoms with Crippen molar-refractivity contribution in [2.45, 2.75) is 66.0 Å². The SMILES string of the molecule is Cc1cc(C)c(N[C@@H]2CC[C@](C)(N)C2(C)C)c(C)c1. The van der Waals surface area contributed by atoms with Crippen molar-refractivity contribution >= 4 is 5.69 Å². The Kier molecular flexibility index (Phi) is 3.42. The molecule has 0 saturated heterocycles. The molecule has 1 saturated carbocycles. The summed E-state index contributed by atoms with van der Waals surface area (Å²) in [5.41, 5.74) is 11.8. The van der Waals surface area contributed by atoms with Gasteiger partial charge in [0.2, 0.25) is 0 Å². The van der Waals surface area contributed by atoms with Gasteiger partial charge < -0.3 is 11.1 Å². The van der Waals surface area contributed by atoms with Gasteiger partial charge >= 0.3 is 0 Å². The van der Waals surface area contributed by atoms with Gasteiger partial charge in [0.15, 0.2) is 0 Å². The number of rotatable bonds is 2. The van der Waals surface area contributed by atoms with E-state index in [2.05, 4.69) is 59.0 Å². The van der Waals surface area contributed by atoms with E-state index in [9.17, 15) is 0 Å². The first-order valence-electron chi connectivity index (χ1n) is 7.28. The van der Waals surface area contributed by atoms with Crippen molar-refractivity contribution in [2.24, 2.45) is 11.1 Å². The summed E-state index contributed by atoms with van der Waals surface area (Å²) in [5, 5.41) is 3.77. The smallest absolute Gasteiger partial charge is 0.0402 e. The molecule has 2 nitrogen and oxygen atoms in total. The van der Waals surface area contributed by atoms with Gasteiger partial charge in [0.1, 0.15) is 0 Å². The quantitative estimate of drug-likeness (QED) is 0.845. The van der Waals surface area contributed by atoms with Crippen LogP contribution in [0.4, 0.5) is 5.69 Å². The number of nitrogens with one attached hydrogen (secondary N) is 1. The van der Waals surface area contributed by atoms with Crippen molar-refractivity contribution in [3.05, 3.63) is 28.8 Å². The summed E-state index contributed by atoms with van der Waals surface area (Å²) in [7, 11) is 0. The second-order valence-corrected chi connectivity index (χ2v) is 7.15. The van der Waals surface area contributed by atoms with E-state index >= 15 is 0 Å². The second-order valence-electron chi connectivity index (χ2n) is 7.15. The normalized spacial score (nSPS) is 29.5. The van der Waals surface area contributed by atoms with E-state index < -0.39 is 0 Å².